The number of aromatic nitrogens is 2. The van der Waals surface area contributed by atoms with Crippen molar-refractivity contribution in [3.05, 3.63) is 46.5 Å². The number of hydrogen-bond donors (Lipinski definition) is 0. The fraction of sp³-hybridized carbons (Fsp3) is 0.0909. The summed E-state index contributed by atoms with van der Waals surface area (Å²) in [5.74, 6) is 0.862. The van der Waals surface area contributed by atoms with Gasteiger partial charge < -0.3 is 4.57 Å². The van der Waals surface area contributed by atoms with E-state index in [1.165, 1.54) is 0 Å². The van der Waals surface area contributed by atoms with Gasteiger partial charge in [-0.25, -0.2) is 4.98 Å². The Hall–Kier alpha value is -1.42. The molecule has 4 heteroatoms. The van der Waals surface area contributed by atoms with Gasteiger partial charge in [-0.05, 0) is 25.1 Å². The van der Waals surface area contributed by atoms with Crippen LogP contribution < -0.4 is 0 Å². The molecule has 0 atom stereocenters. The molecule has 15 heavy (non-hydrogen) atoms. The van der Waals surface area contributed by atoms with Crippen molar-refractivity contribution in [3.8, 4) is 5.69 Å². The Kier molecular flexibility index (Phi) is 2.68. The third-order valence-electron chi connectivity index (χ3n) is 2.20. The number of carbonyl (C=O) groups excluding carboxylic acids is 1. The van der Waals surface area contributed by atoms with Gasteiger partial charge in [0.15, 0.2) is 6.29 Å². The van der Waals surface area contributed by atoms with Crippen molar-refractivity contribution in [2.45, 2.75) is 6.92 Å². The number of rotatable bonds is 2. The molecule has 0 aliphatic heterocycles. The van der Waals surface area contributed by atoms with E-state index >= 15 is 0 Å². The largest absolute Gasteiger partial charge is 0.303 e. The van der Waals surface area contributed by atoms with Crippen LogP contribution in [0.25, 0.3) is 5.69 Å². The highest BCUT2D eigenvalue weighted by Crippen LogP contribution is 2.19. The van der Waals surface area contributed by atoms with Crippen LogP contribution in [0.3, 0.4) is 0 Å². The Bertz CT molecular complexity index is 505. The van der Waals surface area contributed by atoms with Crippen molar-refractivity contribution in [1.82, 2.24) is 9.55 Å². The summed E-state index contributed by atoms with van der Waals surface area (Å²) < 4.78 is 2.78. The van der Waals surface area contributed by atoms with Gasteiger partial charge in [-0.15, -0.1) is 0 Å². The predicted octanol–water partition coefficient (Wildman–Crippen LogP) is 2.76. The second-order valence-corrected chi connectivity index (χ2v) is 4.08. The second kappa shape index (κ2) is 3.98. The zero-order chi connectivity index (χ0) is 10.8. The van der Waals surface area contributed by atoms with E-state index in [0.717, 1.165) is 22.3 Å². The van der Waals surface area contributed by atoms with Crippen molar-refractivity contribution in [2.24, 2.45) is 0 Å². The lowest BCUT2D eigenvalue weighted by Gasteiger charge is -2.07. The molecule has 2 rings (SSSR count). The van der Waals surface area contributed by atoms with Crippen LogP contribution in [0.2, 0.25) is 0 Å². The molecule has 0 bridgehead atoms. The van der Waals surface area contributed by atoms with Gasteiger partial charge in [0, 0.05) is 22.4 Å². The minimum absolute atomic E-state index is 0.644. The molecule has 0 N–H and O–H groups in total. The van der Waals surface area contributed by atoms with E-state index in [1.807, 2.05) is 29.8 Å². The van der Waals surface area contributed by atoms with E-state index in [2.05, 4.69) is 20.9 Å². The first-order valence-corrected chi connectivity index (χ1v) is 5.26. The van der Waals surface area contributed by atoms with E-state index in [1.54, 1.807) is 12.3 Å². The van der Waals surface area contributed by atoms with E-state index in [9.17, 15) is 4.79 Å². The highest BCUT2D eigenvalue weighted by atomic mass is 79.9. The Morgan fingerprint density at radius 2 is 2.27 bits per heavy atom. The quantitative estimate of drug-likeness (QED) is 0.782. The van der Waals surface area contributed by atoms with Crippen LogP contribution in [-0.2, 0) is 0 Å². The topological polar surface area (TPSA) is 34.9 Å². The number of aryl methyl sites for hydroxylation is 1. The first-order valence-electron chi connectivity index (χ1n) is 4.47. The van der Waals surface area contributed by atoms with Crippen molar-refractivity contribution < 1.29 is 4.79 Å². The third-order valence-corrected chi connectivity index (χ3v) is 2.70. The summed E-state index contributed by atoms with van der Waals surface area (Å²) in [6.45, 7) is 1.90. The molecule has 0 radical (unpaired) electrons. The van der Waals surface area contributed by atoms with Crippen LogP contribution in [-0.4, -0.2) is 15.8 Å². The van der Waals surface area contributed by atoms with Gasteiger partial charge in [0.1, 0.15) is 5.82 Å². The summed E-state index contributed by atoms with van der Waals surface area (Å²) in [6, 6.07) is 5.59. The molecular weight excluding hydrogens is 256 g/mol. The summed E-state index contributed by atoms with van der Waals surface area (Å²) >= 11 is 3.34. The second-order valence-electron chi connectivity index (χ2n) is 3.17. The Morgan fingerprint density at radius 3 is 2.87 bits per heavy atom. The molecule has 3 nitrogen and oxygen atoms in total. The number of imidazole rings is 1. The minimum atomic E-state index is 0.644. The van der Waals surface area contributed by atoms with Crippen molar-refractivity contribution in [1.29, 1.82) is 0 Å². The first kappa shape index (κ1) is 10.1. The maximum Gasteiger partial charge on any atom is 0.152 e. The molecule has 0 aliphatic carbocycles. The van der Waals surface area contributed by atoms with Crippen LogP contribution in [0.15, 0.2) is 35.1 Å². The minimum Gasteiger partial charge on any atom is -0.303 e. The maximum absolute atomic E-state index is 10.9. The molecule has 0 fully saturated rings. The zero-order valence-electron chi connectivity index (χ0n) is 8.14. The number of nitrogens with zero attached hydrogens (tertiary/aromatic N) is 2. The van der Waals surface area contributed by atoms with Crippen LogP contribution in [0.4, 0.5) is 0 Å². The van der Waals surface area contributed by atoms with Gasteiger partial charge in [-0.3, -0.25) is 4.79 Å². The lowest BCUT2D eigenvalue weighted by atomic mass is 10.2. The van der Waals surface area contributed by atoms with Crippen LogP contribution in [0.1, 0.15) is 16.2 Å². The number of aldehydes is 1. The molecule has 0 saturated carbocycles. The molecule has 0 amide bonds. The lowest BCUT2D eigenvalue weighted by molar-refractivity contribution is 0.112. The summed E-state index contributed by atoms with van der Waals surface area (Å²) in [7, 11) is 0. The standard InChI is InChI=1S/C11H9BrN2O/c1-8-13-4-5-14(8)11-3-2-10(12)6-9(11)7-15/h2-7H,1H3. The van der Waals surface area contributed by atoms with E-state index in [4.69, 9.17) is 0 Å². The first-order chi connectivity index (χ1) is 7.22. The fourth-order valence-corrected chi connectivity index (χ4v) is 1.85. The van der Waals surface area contributed by atoms with Crippen molar-refractivity contribution in [2.75, 3.05) is 0 Å². The van der Waals surface area contributed by atoms with Gasteiger partial charge in [0.2, 0.25) is 0 Å². The monoisotopic (exact) mass is 264 g/mol. The van der Waals surface area contributed by atoms with Gasteiger partial charge in [0.25, 0.3) is 0 Å². The normalized spacial score (nSPS) is 10.3. The SMILES string of the molecule is Cc1nccn1-c1ccc(Br)cc1C=O. The smallest absolute Gasteiger partial charge is 0.152 e. The zero-order valence-corrected chi connectivity index (χ0v) is 9.73. The van der Waals surface area contributed by atoms with Gasteiger partial charge in [-0.2, -0.15) is 0 Å². The molecular formula is C11H9BrN2O. The number of carbonyl (C=O) groups is 1. The Labute approximate surface area is 95.9 Å². The molecule has 1 aromatic carbocycles. The van der Waals surface area contributed by atoms with Crippen LogP contribution >= 0.6 is 15.9 Å². The summed E-state index contributed by atoms with van der Waals surface area (Å²) in [6.07, 6.45) is 4.40. The maximum atomic E-state index is 10.9. The fourth-order valence-electron chi connectivity index (χ4n) is 1.47. The van der Waals surface area contributed by atoms with Crippen LogP contribution in [0.5, 0.6) is 0 Å². The average molecular weight is 265 g/mol. The van der Waals surface area contributed by atoms with Crippen molar-refractivity contribution >= 4 is 22.2 Å². The molecule has 2 aromatic rings. The molecule has 1 heterocycles. The highest BCUT2D eigenvalue weighted by Gasteiger charge is 2.06. The molecule has 1 aromatic heterocycles. The number of hydrogen-bond acceptors (Lipinski definition) is 2. The molecule has 0 spiro atoms. The summed E-state index contributed by atoms with van der Waals surface area (Å²) in [5, 5.41) is 0. The van der Waals surface area contributed by atoms with Gasteiger partial charge in [0.05, 0.1) is 5.69 Å². The number of halogens is 1. The Morgan fingerprint density at radius 1 is 1.47 bits per heavy atom. The summed E-state index contributed by atoms with van der Waals surface area (Å²) in [4.78, 5) is 15.1. The number of benzene rings is 1. The summed E-state index contributed by atoms with van der Waals surface area (Å²) in [5.41, 5.74) is 1.49. The Balaban J connectivity index is 2.63. The van der Waals surface area contributed by atoms with Crippen LogP contribution in [0, 0.1) is 6.92 Å². The van der Waals surface area contributed by atoms with E-state index < -0.39 is 0 Å². The van der Waals surface area contributed by atoms with E-state index in [-0.39, 0.29) is 0 Å². The van der Waals surface area contributed by atoms with Crippen molar-refractivity contribution in [3.63, 3.8) is 0 Å². The molecule has 76 valence electrons. The molecule has 0 saturated heterocycles. The molecule has 0 unspecified atom stereocenters. The van der Waals surface area contributed by atoms with Gasteiger partial charge >= 0.3 is 0 Å². The highest BCUT2D eigenvalue weighted by molar-refractivity contribution is 9.10. The average Bonchev–Trinajstić information content (AvgIpc) is 2.64. The van der Waals surface area contributed by atoms with E-state index in [0.29, 0.717) is 5.56 Å². The van der Waals surface area contributed by atoms with Gasteiger partial charge in [-0.1, -0.05) is 15.9 Å². The third kappa shape index (κ3) is 1.85. The predicted molar refractivity (Wildman–Crippen MR) is 61.4 cm³/mol. The lowest BCUT2D eigenvalue weighted by Crippen LogP contribution is -1.99. The molecule has 0 aliphatic rings.